The third kappa shape index (κ3) is 4.70. The fraction of sp³-hybridized carbons (Fsp3) is 0.500. The minimum absolute atomic E-state index is 0.130. The van der Waals surface area contributed by atoms with Gasteiger partial charge < -0.3 is 14.9 Å². The lowest BCUT2D eigenvalue weighted by atomic mass is 10.2. The number of H-pyrrole nitrogens is 1. The van der Waals surface area contributed by atoms with Gasteiger partial charge in [-0.25, -0.2) is 0 Å². The highest BCUT2D eigenvalue weighted by Gasteiger charge is 2.13. The summed E-state index contributed by atoms with van der Waals surface area (Å²) >= 11 is 1.58. The van der Waals surface area contributed by atoms with Crippen molar-refractivity contribution in [2.75, 3.05) is 12.8 Å². The smallest absolute Gasteiger partial charge is 0.260 e. The van der Waals surface area contributed by atoms with E-state index < -0.39 is 0 Å². The van der Waals surface area contributed by atoms with Gasteiger partial charge in [0.05, 0.1) is 0 Å². The molecule has 0 radical (unpaired) electrons. The summed E-state index contributed by atoms with van der Waals surface area (Å²) in [6, 6.07) is 3.15. The third-order valence-corrected chi connectivity index (χ3v) is 4.12. The molecule has 130 valence electrons. The summed E-state index contributed by atoms with van der Waals surface area (Å²) in [5.74, 6) is 1.08. The van der Waals surface area contributed by atoms with Crippen LogP contribution in [-0.4, -0.2) is 38.5 Å². The lowest BCUT2D eigenvalue weighted by molar-refractivity contribution is 0.0951. The Kier molecular flexibility index (Phi) is 6.60. The van der Waals surface area contributed by atoms with Crippen LogP contribution in [0.25, 0.3) is 0 Å². The summed E-state index contributed by atoms with van der Waals surface area (Å²) in [4.78, 5) is 26.0. The first-order valence-corrected chi connectivity index (χ1v) is 9.17. The Labute approximate surface area is 145 Å². The van der Waals surface area contributed by atoms with E-state index in [4.69, 9.17) is 0 Å². The average molecular weight is 349 g/mol. The minimum Gasteiger partial charge on any atom is -0.352 e. The molecule has 0 aliphatic heterocycles. The maximum absolute atomic E-state index is 12.0. The number of thioether (sulfide) groups is 1. The van der Waals surface area contributed by atoms with Crippen LogP contribution in [0.3, 0.4) is 0 Å². The quantitative estimate of drug-likeness (QED) is 0.559. The van der Waals surface area contributed by atoms with Gasteiger partial charge in [0.15, 0.2) is 5.16 Å². The van der Waals surface area contributed by atoms with Gasteiger partial charge >= 0.3 is 0 Å². The van der Waals surface area contributed by atoms with Gasteiger partial charge in [-0.05, 0) is 30.7 Å². The molecule has 7 nitrogen and oxygen atoms in total. The summed E-state index contributed by atoms with van der Waals surface area (Å²) < 4.78 is 2.14. The molecule has 2 rings (SSSR count). The SMILES string of the molecule is CSc1nnc(CCCNC(=O)c2ccc[nH]c2=O)n1CC(C)C. The molecular formula is C16H23N5O2S. The summed E-state index contributed by atoms with van der Waals surface area (Å²) in [6.45, 7) is 5.68. The molecule has 0 saturated carbocycles. The van der Waals surface area contributed by atoms with E-state index in [1.807, 2.05) is 6.26 Å². The minimum atomic E-state index is -0.378. The summed E-state index contributed by atoms with van der Waals surface area (Å²) in [5.41, 5.74) is -0.249. The molecule has 0 saturated heterocycles. The molecule has 2 heterocycles. The van der Waals surface area contributed by atoms with Crippen LogP contribution < -0.4 is 10.9 Å². The van der Waals surface area contributed by atoms with Crippen molar-refractivity contribution in [3.05, 3.63) is 40.1 Å². The van der Waals surface area contributed by atoms with Gasteiger partial charge in [0.25, 0.3) is 11.5 Å². The number of hydrogen-bond acceptors (Lipinski definition) is 5. The van der Waals surface area contributed by atoms with E-state index in [1.54, 1.807) is 17.8 Å². The lowest BCUT2D eigenvalue weighted by Gasteiger charge is -2.11. The predicted molar refractivity (Wildman–Crippen MR) is 94.4 cm³/mol. The predicted octanol–water partition coefficient (Wildman–Crippen LogP) is 1.71. The van der Waals surface area contributed by atoms with Gasteiger partial charge in [-0.2, -0.15) is 0 Å². The summed E-state index contributed by atoms with van der Waals surface area (Å²) in [7, 11) is 0. The first-order valence-electron chi connectivity index (χ1n) is 7.95. The zero-order valence-corrected chi connectivity index (χ0v) is 15.0. The molecule has 8 heteroatoms. The van der Waals surface area contributed by atoms with Gasteiger partial charge in [-0.15, -0.1) is 10.2 Å². The second-order valence-corrected chi connectivity index (χ2v) is 6.65. The fourth-order valence-corrected chi connectivity index (χ4v) is 2.87. The van der Waals surface area contributed by atoms with Crippen molar-refractivity contribution in [1.29, 1.82) is 0 Å². The number of aryl methyl sites for hydroxylation is 1. The van der Waals surface area contributed by atoms with Crippen molar-refractivity contribution in [2.24, 2.45) is 5.92 Å². The largest absolute Gasteiger partial charge is 0.352 e. The fourth-order valence-electron chi connectivity index (χ4n) is 2.35. The molecule has 0 spiro atoms. The van der Waals surface area contributed by atoms with Crippen LogP contribution in [0, 0.1) is 5.92 Å². The molecular weight excluding hydrogens is 326 g/mol. The van der Waals surface area contributed by atoms with Gasteiger partial charge in [0.2, 0.25) is 0 Å². The van der Waals surface area contributed by atoms with Gasteiger partial charge in [0, 0.05) is 25.7 Å². The van der Waals surface area contributed by atoms with Crippen molar-refractivity contribution in [3.8, 4) is 0 Å². The number of amides is 1. The van der Waals surface area contributed by atoms with Crippen LogP contribution in [0.2, 0.25) is 0 Å². The topological polar surface area (TPSA) is 92.7 Å². The van der Waals surface area contributed by atoms with Crippen LogP contribution in [-0.2, 0) is 13.0 Å². The number of aromatic amines is 1. The number of aromatic nitrogens is 4. The van der Waals surface area contributed by atoms with E-state index in [9.17, 15) is 9.59 Å². The highest BCUT2D eigenvalue weighted by molar-refractivity contribution is 7.98. The van der Waals surface area contributed by atoms with E-state index in [0.717, 1.165) is 30.4 Å². The van der Waals surface area contributed by atoms with Crippen molar-refractivity contribution < 1.29 is 4.79 Å². The first-order chi connectivity index (χ1) is 11.5. The Morgan fingerprint density at radius 3 is 2.88 bits per heavy atom. The van der Waals surface area contributed by atoms with Crippen molar-refractivity contribution in [2.45, 2.75) is 38.4 Å². The zero-order valence-electron chi connectivity index (χ0n) is 14.2. The van der Waals surface area contributed by atoms with E-state index >= 15 is 0 Å². The molecule has 0 aromatic carbocycles. The summed E-state index contributed by atoms with van der Waals surface area (Å²) in [5, 5.41) is 12.1. The zero-order chi connectivity index (χ0) is 17.5. The molecule has 2 aromatic heterocycles. The number of pyridine rings is 1. The lowest BCUT2D eigenvalue weighted by Crippen LogP contribution is -2.30. The normalized spacial score (nSPS) is 11.0. The molecule has 0 unspecified atom stereocenters. The molecule has 0 aliphatic rings. The number of hydrogen-bond donors (Lipinski definition) is 2. The molecule has 1 amide bonds. The first kappa shape index (κ1) is 18.3. The Morgan fingerprint density at radius 2 is 2.21 bits per heavy atom. The molecule has 24 heavy (non-hydrogen) atoms. The highest BCUT2D eigenvalue weighted by atomic mass is 32.2. The monoisotopic (exact) mass is 349 g/mol. The Hall–Kier alpha value is -2.09. The van der Waals surface area contributed by atoms with E-state index in [0.29, 0.717) is 12.5 Å². The standard InChI is InChI=1S/C16H23N5O2S/c1-11(2)10-21-13(19-20-16(21)24-3)7-5-9-18-15(23)12-6-4-8-17-14(12)22/h4,6,8,11H,5,7,9-10H2,1-3H3,(H,17,22)(H,18,23). The van der Waals surface area contributed by atoms with Gasteiger partial charge in [0.1, 0.15) is 11.4 Å². The van der Waals surface area contributed by atoms with Crippen LogP contribution in [0.15, 0.2) is 28.3 Å². The molecule has 0 aliphatic carbocycles. The van der Waals surface area contributed by atoms with Crippen molar-refractivity contribution >= 4 is 17.7 Å². The van der Waals surface area contributed by atoms with Crippen LogP contribution in [0.5, 0.6) is 0 Å². The van der Waals surface area contributed by atoms with Crippen molar-refractivity contribution in [3.63, 3.8) is 0 Å². The van der Waals surface area contributed by atoms with Gasteiger partial charge in [-0.1, -0.05) is 25.6 Å². The number of carbonyl (C=O) groups excluding carboxylic acids is 1. The van der Waals surface area contributed by atoms with Crippen LogP contribution >= 0.6 is 11.8 Å². The van der Waals surface area contributed by atoms with Crippen molar-refractivity contribution in [1.82, 2.24) is 25.1 Å². The molecule has 2 N–H and O–H groups in total. The molecule has 0 atom stereocenters. The molecule has 0 fully saturated rings. The number of nitrogens with one attached hydrogen (secondary N) is 2. The van der Waals surface area contributed by atoms with Crippen LogP contribution in [0.1, 0.15) is 36.5 Å². The van der Waals surface area contributed by atoms with E-state index in [2.05, 4.69) is 38.9 Å². The van der Waals surface area contributed by atoms with Crippen LogP contribution in [0.4, 0.5) is 0 Å². The summed E-state index contributed by atoms with van der Waals surface area (Å²) in [6.07, 6.45) is 4.96. The highest BCUT2D eigenvalue weighted by Crippen LogP contribution is 2.16. The molecule has 2 aromatic rings. The average Bonchev–Trinajstić information content (AvgIpc) is 2.93. The number of nitrogens with zero attached hydrogens (tertiary/aromatic N) is 3. The Bertz CT molecular complexity index is 738. The molecule has 0 bridgehead atoms. The second-order valence-electron chi connectivity index (χ2n) is 5.88. The number of carbonyl (C=O) groups is 1. The third-order valence-electron chi connectivity index (χ3n) is 3.45. The second kappa shape index (κ2) is 8.68. The van der Waals surface area contributed by atoms with E-state index in [-0.39, 0.29) is 17.0 Å². The van der Waals surface area contributed by atoms with Gasteiger partial charge in [-0.3, -0.25) is 9.59 Å². The maximum Gasteiger partial charge on any atom is 0.260 e. The number of rotatable bonds is 8. The Morgan fingerprint density at radius 1 is 1.42 bits per heavy atom. The maximum atomic E-state index is 12.0. The Balaban J connectivity index is 1.89. The van der Waals surface area contributed by atoms with E-state index in [1.165, 1.54) is 12.3 Å².